The number of likely N-dealkylation sites (tertiary alicyclic amines) is 1. The molecule has 0 unspecified atom stereocenters. The number of rotatable bonds is 9. The van der Waals surface area contributed by atoms with Gasteiger partial charge in [-0.1, -0.05) is 17.7 Å². The largest absolute Gasteiger partial charge is 0.493 e. The van der Waals surface area contributed by atoms with Gasteiger partial charge in [-0.15, -0.1) is 0 Å². The van der Waals surface area contributed by atoms with Crippen molar-refractivity contribution in [3.05, 3.63) is 58.6 Å². The standard InChI is InChI=1S/C27H32ClNO6/c1-3-33-26(31)9-5-19-4-7-24(25(14-19)32-2)34-18-22(30)17-29-12-10-27(11-13-29)16-20-15-21(28)6-8-23(20)35-27/h4-9,14-15,22,30H,3,10-13,16-18H2,1-2H3/b9-5+/t22-/m0/s1. The summed E-state index contributed by atoms with van der Waals surface area (Å²) in [6.07, 6.45) is 5.08. The molecule has 0 radical (unpaired) electrons. The molecule has 2 heterocycles. The van der Waals surface area contributed by atoms with E-state index in [1.54, 1.807) is 32.2 Å². The first-order chi connectivity index (χ1) is 16.9. The Bertz CT molecular complexity index is 1060. The fraction of sp³-hybridized carbons (Fsp3) is 0.444. The minimum atomic E-state index is -0.641. The second kappa shape index (κ2) is 11.3. The highest BCUT2D eigenvalue weighted by Gasteiger charge is 2.42. The molecule has 35 heavy (non-hydrogen) atoms. The normalized spacial score (nSPS) is 17.7. The summed E-state index contributed by atoms with van der Waals surface area (Å²) < 4.78 is 22.5. The zero-order chi connectivity index (χ0) is 24.8. The first kappa shape index (κ1) is 25.4. The molecule has 0 bridgehead atoms. The summed E-state index contributed by atoms with van der Waals surface area (Å²) in [5, 5.41) is 11.3. The third kappa shape index (κ3) is 6.48. The number of methoxy groups -OCH3 is 1. The van der Waals surface area contributed by atoms with Crippen LogP contribution in [0.3, 0.4) is 0 Å². The fourth-order valence-electron chi connectivity index (χ4n) is 4.62. The van der Waals surface area contributed by atoms with Crippen LogP contribution < -0.4 is 14.2 Å². The van der Waals surface area contributed by atoms with Crippen LogP contribution in [0.15, 0.2) is 42.5 Å². The van der Waals surface area contributed by atoms with Crippen molar-refractivity contribution in [2.24, 2.45) is 0 Å². The zero-order valence-corrected chi connectivity index (χ0v) is 20.9. The molecule has 2 aliphatic heterocycles. The highest BCUT2D eigenvalue weighted by atomic mass is 35.5. The van der Waals surface area contributed by atoms with E-state index in [0.29, 0.717) is 24.7 Å². The zero-order valence-electron chi connectivity index (χ0n) is 20.2. The van der Waals surface area contributed by atoms with Gasteiger partial charge in [-0.05, 0) is 54.5 Å². The van der Waals surface area contributed by atoms with Gasteiger partial charge in [-0.3, -0.25) is 0 Å². The van der Waals surface area contributed by atoms with Crippen LogP contribution in [0.25, 0.3) is 6.08 Å². The average Bonchev–Trinajstić information content (AvgIpc) is 3.20. The molecule has 1 fully saturated rings. The fourth-order valence-corrected chi connectivity index (χ4v) is 4.82. The van der Waals surface area contributed by atoms with Crippen LogP contribution in [-0.2, 0) is 16.0 Å². The SMILES string of the molecule is CCOC(=O)/C=C/c1ccc(OC[C@@H](O)CN2CCC3(CC2)Cc2cc(Cl)ccc2O3)c(OC)c1. The average molecular weight is 502 g/mol. The molecule has 2 aromatic rings. The van der Waals surface area contributed by atoms with Crippen molar-refractivity contribution in [1.82, 2.24) is 4.90 Å². The molecule has 0 aliphatic carbocycles. The number of benzene rings is 2. The molecule has 4 rings (SSSR count). The van der Waals surface area contributed by atoms with Gasteiger partial charge in [0.05, 0.1) is 13.7 Å². The van der Waals surface area contributed by atoms with E-state index in [4.69, 9.17) is 30.5 Å². The number of piperidine rings is 1. The Morgan fingerprint density at radius 3 is 2.77 bits per heavy atom. The number of carbonyl (C=O) groups is 1. The summed E-state index contributed by atoms with van der Waals surface area (Å²) in [7, 11) is 1.55. The molecule has 1 N–H and O–H groups in total. The molecule has 0 aromatic heterocycles. The van der Waals surface area contributed by atoms with Gasteiger partial charge in [0, 0.05) is 50.0 Å². The van der Waals surface area contributed by atoms with Crippen molar-refractivity contribution < 1.29 is 28.8 Å². The van der Waals surface area contributed by atoms with Crippen LogP contribution in [0, 0.1) is 0 Å². The lowest BCUT2D eigenvalue weighted by atomic mass is 9.87. The lowest BCUT2D eigenvalue weighted by Crippen LogP contribution is -2.49. The third-order valence-electron chi connectivity index (χ3n) is 6.42. The summed E-state index contributed by atoms with van der Waals surface area (Å²) in [6, 6.07) is 11.2. The van der Waals surface area contributed by atoms with Gasteiger partial charge in [0.2, 0.25) is 0 Å². The summed E-state index contributed by atoms with van der Waals surface area (Å²) in [6.45, 7) is 4.47. The van der Waals surface area contributed by atoms with E-state index in [9.17, 15) is 9.90 Å². The Kier molecular flexibility index (Phi) is 8.21. The third-order valence-corrected chi connectivity index (χ3v) is 6.65. The predicted molar refractivity (Wildman–Crippen MR) is 134 cm³/mol. The maximum Gasteiger partial charge on any atom is 0.330 e. The van der Waals surface area contributed by atoms with E-state index in [1.807, 2.05) is 24.3 Å². The number of nitrogens with zero attached hydrogens (tertiary/aromatic N) is 1. The van der Waals surface area contributed by atoms with E-state index in [1.165, 1.54) is 11.6 Å². The number of aliphatic hydroxyl groups is 1. The van der Waals surface area contributed by atoms with Gasteiger partial charge in [0.1, 0.15) is 24.1 Å². The van der Waals surface area contributed by atoms with Crippen molar-refractivity contribution in [1.29, 1.82) is 0 Å². The van der Waals surface area contributed by atoms with E-state index in [-0.39, 0.29) is 12.2 Å². The minimum Gasteiger partial charge on any atom is -0.493 e. The van der Waals surface area contributed by atoms with Crippen LogP contribution in [0.4, 0.5) is 0 Å². The van der Waals surface area contributed by atoms with Crippen molar-refractivity contribution in [3.63, 3.8) is 0 Å². The van der Waals surface area contributed by atoms with Gasteiger partial charge >= 0.3 is 5.97 Å². The molecule has 1 atom stereocenters. The van der Waals surface area contributed by atoms with Crippen molar-refractivity contribution in [2.45, 2.75) is 37.9 Å². The number of halogens is 1. The number of esters is 1. The van der Waals surface area contributed by atoms with Crippen molar-refractivity contribution >= 4 is 23.6 Å². The Labute approximate surface area is 211 Å². The number of hydrogen-bond acceptors (Lipinski definition) is 7. The molecule has 188 valence electrons. The number of hydrogen-bond donors (Lipinski definition) is 1. The number of ether oxygens (including phenoxy) is 4. The number of β-amino-alcohol motifs (C(OH)–C–C–N with tert-alkyl or cyclic N) is 1. The van der Waals surface area contributed by atoms with Gasteiger partial charge in [-0.25, -0.2) is 4.79 Å². The Morgan fingerprint density at radius 2 is 2.03 bits per heavy atom. The molecule has 1 saturated heterocycles. The van der Waals surface area contributed by atoms with Crippen LogP contribution in [0.1, 0.15) is 30.9 Å². The van der Waals surface area contributed by atoms with E-state index in [2.05, 4.69) is 4.90 Å². The first-order valence-corrected chi connectivity index (χ1v) is 12.3. The van der Waals surface area contributed by atoms with Gasteiger partial charge in [-0.2, -0.15) is 0 Å². The molecular weight excluding hydrogens is 470 g/mol. The summed E-state index contributed by atoms with van der Waals surface area (Å²) in [5.74, 6) is 1.61. The van der Waals surface area contributed by atoms with Crippen LogP contribution >= 0.6 is 11.6 Å². The van der Waals surface area contributed by atoms with E-state index in [0.717, 1.165) is 48.7 Å². The van der Waals surface area contributed by atoms with Crippen LogP contribution in [-0.4, -0.2) is 67.6 Å². The maximum atomic E-state index is 11.5. The second-order valence-corrected chi connectivity index (χ2v) is 9.41. The number of carbonyl (C=O) groups excluding carboxylic acids is 1. The van der Waals surface area contributed by atoms with Crippen molar-refractivity contribution in [2.75, 3.05) is 40.0 Å². The molecule has 8 heteroatoms. The Balaban J connectivity index is 1.25. The Hall–Kier alpha value is -2.74. The maximum absolute atomic E-state index is 11.5. The quantitative estimate of drug-likeness (QED) is 0.409. The van der Waals surface area contributed by atoms with Gasteiger partial charge in [0.15, 0.2) is 11.5 Å². The van der Waals surface area contributed by atoms with E-state index >= 15 is 0 Å². The minimum absolute atomic E-state index is 0.149. The van der Waals surface area contributed by atoms with Crippen LogP contribution in [0.2, 0.25) is 5.02 Å². The summed E-state index contributed by atoms with van der Waals surface area (Å²) in [5.41, 5.74) is 1.79. The van der Waals surface area contributed by atoms with Gasteiger partial charge in [0.25, 0.3) is 0 Å². The number of fused-ring (bicyclic) bond motifs is 1. The lowest BCUT2D eigenvalue weighted by Gasteiger charge is -2.39. The molecule has 2 aliphatic rings. The molecule has 7 nitrogen and oxygen atoms in total. The lowest BCUT2D eigenvalue weighted by molar-refractivity contribution is -0.137. The summed E-state index contributed by atoms with van der Waals surface area (Å²) in [4.78, 5) is 13.8. The van der Waals surface area contributed by atoms with Gasteiger partial charge < -0.3 is 29.0 Å². The predicted octanol–water partition coefficient (Wildman–Crippen LogP) is 4.13. The number of aliphatic hydroxyl groups excluding tert-OH is 1. The van der Waals surface area contributed by atoms with Crippen LogP contribution in [0.5, 0.6) is 17.2 Å². The highest BCUT2D eigenvalue weighted by Crippen LogP contribution is 2.42. The molecule has 0 saturated carbocycles. The first-order valence-electron chi connectivity index (χ1n) is 11.9. The van der Waals surface area contributed by atoms with E-state index < -0.39 is 12.1 Å². The molecule has 0 amide bonds. The second-order valence-electron chi connectivity index (χ2n) is 8.98. The molecule has 2 aromatic carbocycles. The smallest absolute Gasteiger partial charge is 0.330 e. The Morgan fingerprint density at radius 1 is 1.23 bits per heavy atom. The molecular formula is C27H32ClNO6. The highest BCUT2D eigenvalue weighted by molar-refractivity contribution is 6.30. The molecule has 1 spiro atoms. The monoisotopic (exact) mass is 501 g/mol. The topological polar surface area (TPSA) is 77.5 Å². The van der Waals surface area contributed by atoms with Crippen molar-refractivity contribution in [3.8, 4) is 17.2 Å². The summed E-state index contributed by atoms with van der Waals surface area (Å²) >= 11 is 6.14.